The van der Waals surface area contributed by atoms with Crippen LogP contribution < -0.4 is 4.72 Å². The normalized spacial score (nSPS) is 24.9. The summed E-state index contributed by atoms with van der Waals surface area (Å²) in [5, 5.41) is 8.36. The van der Waals surface area contributed by atoms with Gasteiger partial charge in [0.15, 0.2) is 5.94 Å². The number of ether oxygens (including phenoxy) is 1. The molecule has 0 saturated carbocycles. The van der Waals surface area contributed by atoms with Gasteiger partial charge in [-0.25, -0.2) is 13.2 Å². The Balaban J connectivity index is 2.11. The van der Waals surface area contributed by atoms with Crippen LogP contribution in [-0.2, 0) is 29.4 Å². The van der Waals surface area contributed by atoms with E-state index in [4.69, 9.17) is 9.96 Å². The molecule has 2 atom stereocenters. The lowest BCUT2D eigenvalue weighted by Gasteiger charge is -2.30. The molecule has 0 aromatic rings. The fraction of sp³-hybridized carbons (Fsp3) is 0.778. The molecule has 0 aliphatic carbocycles. The zero-order chi connectivity index (χ0) is 17.4. The molecular formula is C9H16N4O8S2. The Labute approximate surface area is 132 Å². The van der Waals surface area contributed by atoms with Crippen molar-refractivity contribution in [2.24, 2.45) is 0 Å². The molecule has 2 rings (SSSR count). The van der Waals surface area contributed by atoms with E-state index in [1.807, 2.05) is 4.72 Å². The maximum atomic E-state index is 12.1. The molecule has 2 bridgehead atoms. The Morgan fingerprint density at radius 3 is 2.61 bits per heavy atom. The van der Waals surface area contributed by atoms with Crippen molar-refractivity contribution >= 4 is 32.3 Å². The van der Waals surface area contributed by atoms with Gasteiger partial charge in [-0.15, -0.1) is 4.28 Å². The monoisotopic (exact) mass is 372 g/mol. The van der Waals surface area contributed by atoms with Gasteiger partial charge in [-0.05, 0) is 12.8 Å². The molecule has 0 aromatic heterocycles. The molecule has 0 aromatic carbocycles. The first-order valence-electron chi connectivity index (χ1n) is 6.39. The highest BCUT2D eigenvalue weighted by Crippen LogP contribution is 2.30. The molecule has 2 saturated heterocycles. The van der Waals surface area contributed by atoms with Crippen molar-refractivity contribution in [3.63, 3.8) is 0 Å². The lowest BCUT2D eigenvalue weighted by atomic mass is 10.0. The second-order valence-corrected chi connectivity index (χ2v) is 7.72. The fourth-order valence-electron chi connectivity index (χ4n) is 2.55. The third-order valence-corrected chi connectivity index (χ3v) is 4.79. The molecule has 0 spiro atoms. The van der Waals surface area contributed by atoms with Crippen LogP contribution in [0.25, 0.3) is 0 Å². The van der Waals surface area contributed by atoms with Crippen LogP contribution in [0.15, 0.2) is 0 Å². The number of hydroxylamine groups is 2. The van der Waals surface area contributed by atoms with Gasteiger partial charge >= 0.3 is 16.4 Å². The molecule has 2 aliphatic heterocycles. The van der Waals surface area contributed by atoms with Gasteiger partial charge in [-0.3, -0.25) is 14.7 Å². The third-order valence-electron chi connectivity index (χ3n) is 3.37. The molecule has 132 valence electrons. The standard InChI is InChI=1S/C9H16N4O8S2/c1-20-5-22(15,16)11-8(10)7-3-2-6-4-12(7)9(14)13(6)21-23(17,18)19/h6-7H,2-5H2,1H3,(H2,10,11)(H,17,18,19)/t6-,7+/m1/s1. The average Bonchev–Trinajstić information content (AvgIpc) is 2.62. The lowest BCUT2D eigenvalue weighted by molar-refractivity contribution is -0.0316. The Morgan fingerprint density at radius 2 is 2.04 bits per heavy atom. The second-order valence-electron chi connectivity index (χ2n) is 5.05. The van der Waals surface area contributed by atoms with Gasteiger partial charge in [0.1, 0.15) is 5.84 Å². The quantitative estimate of drug-likeness (QED) is 0.287. The summed E-state index contributed by atoms with van der Waals surface area (Å²) in [5.41, 5.74) is 0. The summed E-state index contributed by atoms with van der Waals surface area (Å²) in [6, 6.07) is -2.35. The number of carbonyl (C=O) groups excluding carboxylic acids is 1. The lowest BCUT2D eigenvalue weighted by Crippen LogP contribution is -2.51. The van der Waals surface area contributed by atoms with Gasteiger partial charge in [0.2, 0.25) is 0 Å². The van der Waals surface area contributed by atoms with Crippen LogP contribution in [-0.4, -0.2) is 74.9 Å². The van der Waals surface area contributed by atoms with Gasteiger partial charge in [0, 0.05) is 13.7 Å². The van der Waals surface area contributed by atoms with Gasteiger partial charge in [-0.2, -0.15) is 13.5 Å². The van der Waals surface area contributed by atoms with E-state index >= 15 is 0 Å². The van der Waals surface area contributed by atoms with Crippen LogP contribution in [0, 0.1) is 5.41 Å². The zero-order valence-electron chi connectivity index (χ0n) is 12.0. The minimum atomic E-state index is -4.86. The summed E-state index contributed by atoms with van der Waals surface area (Å²) in [5.74, 6) is -1.07. The number of nitrogens with zero attached hydrogens (tertiary/aromatic N) is 2. The van der Waals surface area contributed by atoms with E-state index in [2.05, 4.69) is 9.02 Å². The summed E-state index contributed by atoms with van der Waals surface area (Å²) < 4.78 is 64.2. The number of hydrogen-bond donors (Lipinski definition) is 3. The van der Waals surface area contributed by atoms with Crippen molar-refractivity contribution in [1.82, 2.24) is 14.7 Å². The Morgan fingerprint density at radius 1 is 1.39 bits per heavy atom. The first-order chi connectivity index (χ1) is 10.5. The molecule has 2 aliphatic rings. The first kappa shape index (κ1) is 17.9. The molecule has 0 radical (unpaired) electrons. The van der Waals surface area contributed by atoms with Crippen LogP contribution in [0.2, 0.25) is 0 Å². The number of carbonyl (C=O) groups is 1. The van der Waals surface area contributed by atoms with Crippen molar-refractivity contribution in [2.75, 3.05) is 19.6 Å². The van der Waals surface area contributed by atoms with Crippen molar-refractivity contribution in [1.29, 1.82) is 5.41 Å². The predicted molar refractivity (Wildman–Crippen MR) is 75.0 cm³/mol. The van der Waals surface area contributed by atoms with E-state index < -0.39 is 50.3 Å². The molecule has 3 N–H and O–H groups in total. The van der Waals surface area contributed by atoms with E-state index in [0.29, 0.717) is 5.06 Å². The van der Waals surface area contributed by atoms with Crippen molar-refractivity contribution in [3.05, 3.63) is 0 Å². The number of piperidine rings is 1. The topological polar surface area (TPSA) is 166 Å². The van der Waals surface area contributed by atoms with E-state index in [1.54, 1.807) is 0 Å². The van der Waals surface area contributed by atoms with Crippen molar-refractivity contribution in [2.45, 2.75) is 24.9 Å². The van der Waals surface area contributed by atoms with Gasteiger partial charge in [0.25, 0.3) is 10.0 Å². The van der Waals surface area contributed by atoms with E-state index in [-0.39, 0.29) is 19.4 Å². The number of fused-ring (bicyclic) bond motifs is 2. The van der Waals surface area contributed by atoms with Crippen LogP contribution in [0.5, 0.6) is 0 Å². The average molecular weight is 372 g/mol. The number of hydrogen-bond acceptors (Lipinski definition) is 8. The number of sulfonamides is 1. The summed E-state index contributed by atoms with van der Waals surface area (Å²) >= 11 is 0. The highest BCUT2D eigenvalue weighted by atomic mass is 32.3. The summed E-state index contributed by atoms with van der Waals surface area (Å²) in [7, 11) is -7.55. The molecule has 23 heavy (non-hydrogen) atoms. The second kappa shape index (κ2) is 6.20. The largest absolute Gasteiger partial charge is 0.418 e. The van der Waals surface area contributed by atoms with E-state index in [0.717, 1.165) is 4.90 Å². The Bertz CT molecular complexity index is 705. The number of amidine groups is 1. The predicted octanol–water partition coefficient (Wildman–Crippen LogP) is -1.51. The van der Waals surface area contributed by atoms with Gasteiger partial charge < -0.3 is 9.64 Å². The number of nitrogens with one attached hydrogen (secondary N) is 2. The third kappa shape index (κ3) is 4.08. The van der Waals surface area contributed by atoms with E-state index in [1.165, 1.54) is 7.11 Å². The Kier molecular flexibility index (Phi) is 4.81. The van der Waals surface area contributed by atoms with Crippen molar-refractivity contribution < 1.29 is 35.2 Å². The fourth-order valence-corrected chi connectivity index (χ4v) is 3.78. The smallest absolute Gasteiger partial charge is 0.367 e. The summed E-state index contributed by atoms with van der Waals surface area (Å²) in [6.45, 7) is 0.0490. The number of rotatable bonds is 6. The SMILES string of the molecule is COCS(=O)(=O)NC(=N)[C@@H]1CC[C@@H]2CN1C(=O)N2OS(=O)(=O)O. The van der Waals surface area contributed by atoms with Gasteiger partial charge in [-0.1, -0.05) is 0 Å². The minimum Gasteiger partial charge on any atom is -0.367 e. The van der Waals surface area contributed by atoms with Crippen LogP contribution in [0.1, 0.15) is 12.8 Å². The summed E-state index contributed by atoms with van der Waals surface area (Å²) in [6.07, 6.45) is 0.507. The van der Waals surface area contributed by atoms with Crippen LogP contribution in [0.4, 0.5) is 4.79 Å². The highest BCUT2D eigenvalue weighted by Gasteiger charge is 2.48. The minimum absolute atomic E-state index is 0.0490. The highest BCUT2D eigenvalue weighted by molar-refractivity contribution is 7.89. The molecule has 2 amide bonds. The molecule has 14 heteroatoms. The maximum absolute atomic E-state index is 12.1. The molecule has 12 nitrogen and oxygen atoms in total. The number of amides is 2. The first-order valence-corrected chi connectivity index (χ1v) is 9.40. The molecule has 2 heterocycles. The number of methoxy groups -OCH3 is 1. The van der Waals surface area contributed by atoms with Gasteiger partial charge in [0.05, 0.1) is 12.1 Å². The van der Waals surface area contributed by atoms with Crippen LogP contribution in [0.3, 0.4) is 0 Å². The number of urea groups is 1. The Hall–Kier alpha value is -1.48. The maximum Gasteiger partial charge on any atom is 0.418 e. The zero-order valence-corrected chi connectivity index (χ0v) is 13.6. The van der Waals surface area contributed by atoms with Crippen LogP contribution >= 0.6 is 0 Å². The van der Waals surface area contributed by atoms with E-state index in [9.17, 15) is 21.6 Å². The molecule has 0 unspecified atom stereocenters. The molecular weight excluding hydrogens is 356 g/mol. The summed E-state index contributed by atoms with van der Waals surface area (Å²) in [4.78, 5) is 13.2. The van der Waals surface area contributed by atoms with Crippen molar-refractivity contribution in [3.8, 4) is 0 Å². The molecule has 2 fully saturated rings.